The highest BCUT2D eigenvalue weighted by Crippen LogP contribution is 2.24. The summed E-state index contributed by atoms with van der Waals surface area (Å²) in [5.74, 6) is 0.987. The third-order valence-corrected chi connectivity index (χ3v) is 2.19. The second-order valence-electron chi connectivity index (χ2n) is 4.88. The van der Waals surface area contributed by atoms with Crippen molar-refractivity contribution in [1.29, 1.82) is 0 Å². The molecule has 0 radical (unpaired) electrons. The number of aliphatic hydroxyl groups excluding tert-OH is 1. The number of hydrogen-bond donors (Lipinski definition) is 1. The molecule has 2 atom stereocenters. The minimum absolute atomic E-state index is 0.00941. The van der Waals surface area contributed by atoms with E-state index in [1.807, 2.05) is 0 Å². The lowest BCUT2D eigenvalue weighted by Gasteiger charge is -2.41. The molecule has 0 aliphatic carbocycles. The fourth-order valence-corrected chi connectivity index (χ4v) is 1.45. The molecule has 1 rings (SSSR count). The quantitative estimate of drug-likeness (QED) is 0.429. The highest BCUT2D eigenvalue weighted by atomic mass is 16.6. The van der Waals surface area contributed by atoms with Gasteiger partial charge in [-0.1, -0.05) is 5.92 Å². The van der Waals surface area contributed by atoms with Crippen LogP contribution < -0.4 is 0 Å². The van der Waals surface area contributed by atoms with Gasteiger partial charge in [0.1, 0.15) is 18.4 Å². The fourth-order valence-electron chi connectivity index (χ4n) is 1.45. The Balaban J connectivity index is 2.59. The summed E-state index contributed by atoms with van der Waals surface area (Å²) in [5, 5.41) is 9.74. The molecule has 0 aromatic carbocycles. The average molecular weight is 255 g/mol. The second kappa shape index (κ2) is 5.38. The van der Waals surface area contributed by atoms with Crippen LogP contribution in [0.3, 0.4) is 0 Å². The van der Waals surface area contributed by atoms with Gasteiger partial charge in [0.05, 0.1) is 6.42 Å². The molecule has 1 fully saturated rings. The molecular formula is C12H17NO5. The SMILES string of the molecule is C#CCOC1CC(=O)N1C(O)C(=O)OC(C)(C)C. The second-order valence-corrected chi connectivity index (χ2v) is 4.88. The number of amides is 1. The van der Waals surface area contributed by atoms with Crippen LogP contribution in [-0.4, -0.2) is 46.5 Å². The van der Waals surface area contributed by atoms with E-state index < -0.39 is 24.0 Å². The number of esters is 1. The monoisotopic (exact) mass is 255 g/mol. The van der Waals surface area contributed by atoms with Crippen LogP contribution in [-0.2, 0) is 19.1 Å². The Kier molecular flexibility index (Phi) is 4.33. The fraction of sp³-hybridized carbons (Fsp3) is 0.667. The predicted octanol–water partition coefficient (Wildman–Crippen LogP) is -0.145. The first-order valence-electron chi connectivity index (χ1n) is 5.53. The first kappa shape index (κ1) is 14.5. The van der Waals surface area contributed by atoms with Crippen molar-refractivity contribution in [2.24, 2.45) is 0 Å². The van der Waals surface area contributed by atoms with Crippen LogP contribution in [0.25, 0.3) is 0 Å². The number of hydrogen-bond acceptors (Lipinski definition) is 5. The molecule has 0 bridgehead atoms. The zero-order chi connectivity index (χ0) is 13.9. The Labute approximate surface area is 106 Å². The highest BCUT2D eigenvalue weighted by Gasteiger charge is 2.45. The van der Waals surface area contributed by atoms with Crippen LogP contribution >= 0.6 is 0 Å². The molecule has 0 saturated carbocycles. The minimum atomic E-state index is -1.66. The number of carbonyl (C=O) groups is 2. The largest absolute Gasteiger partial charge is 0.457 e. The van der Waals surface area contributed by atoms with E-state index in [1.165, 1.54) is 0 Å². The van der Waals surface area contributed by atoms with Crippen LogP contribution in [0.15, 0.2) is 0 Å². The van der Waals surface area contributed by atoms with Crippen LogP contribution in [0.2, 0.25) is 0 Å². The van der Waals surface area contributed by atoms with Gasteiger partial charge in [-0.05, 0) is 20.8 Å². The molecule has 0 aromatic rings. The number of terminal acetylenes is 1. The Hall–Kier alpha value is -1.58. The van der Waals surface area contributed by atoms with Gasteiger partial charge in [0.15, 0.2) is 0 Å². The Bertz CT molecular complexity index is 379. The van der Waals surface area contributed by atoms with Crippen LogP contribution in [0, 0.1) is 12.3 Å². The topological polar surface area (TPSA) is 76.1 Å². The number of likely N-dealkylation sites (tertiary alicyclic amines) is 1. The third kappa shape index (κ3) is 3.45. The maximum atomic E-state index is 11.6. The van der Waals surface area contributed by atoms with Crippen molar-refractivity contribution in [2.75, 3.05) is 6.61 Å². The number of nitrogens with zero attached hydrogens (tertiary/aromatic N) is 1. The summed E-state index contributed by atoms with van der Waals surface area (Å²) in [5.41, 5.74) is -0.735. The molecule has 6 nitrogen and oxygen atoms in total. The van der Waals surface area contributed by atoms with E-state index in [2.05, 4.69) is 5.92 Å². The van der Waals surface area contributed by atoms with Gasteiger partial charge < -0.3 is 14.6 Å². The van der Waals surface area contributed by atoms with Crippen LogP contribution in [0.1, 0.15) is 27.2 Å². The summed E-state index contributed by atoms with van der Waals surface area (Å²) in [6.07, 6.45) is 2.79. The molecule has 1 aliphatic rings. The van der Waals surface area contributed by atoms with E-state index in [9.17, 15) is 14.7 Å². The molecule has 1 saturated heterocycles. The van der Waals surface area contributed by atoms with Crippen molar-refractivity contribution in [3.8, 4) is 12.3 Å². The van der Waals surface area contributed by atoms with E-state index in [1.54, 1.807) is 20.8 Å². The van der Waals surface area contributed by atoms with Crippen LogP contribution in [0.5, 0.6) is 0 Å². The van der Waals surface area contributed by atoms with Gasteiger partial charge in [0, 0.05) is 0 Å². The maximum absolute atomic E-state index is 11.6. The zero-order valence-electron chi connectivity index (χ0n) is 10.7. The van der Waals surface area contributed by atoms with Gasteiger partial charge in [0.2, 0.25) is 12.1 Å². The van der Waals surface area contributed by atoms with Crippen molar-refractivity contribution < 1.29 is 24.2 Å². The van der Waals surface area contributed by atoms with Crippen molar-refractivity contribution in [3.05, 3.63) is 0 Å². The summed E-state index contributed by atoms with van der Waals surface area (Å²) < 4.78 is 10.1. The summed E-state index contributed by atoms with van der Waals surface area (Å²) in [4.78, 5) is 23.9. The van der Waals surface area contributed by atoms with Crippen molar-refractivity contribution in [1.82, 2.24) is 4.90 Å². The van der Waals surface area contributed by atoms with Gasteiger partial charge in [-0.2, -0.15) is 0 Å². The molecule has 100 valence electrons. The van der Waals surface area contributed by atoms with Gasteiger partial charge in [-0.3, -0.25) is 9.69 Å². The lowest BCUT2D eigenvalue weighted by Crippen LogP contribution is -2.61. The molecule has 1 N–H and O–H groups in total. The molecule has 1 amide bonds. The first-order chi connectivity index (χ1) is 8.26. The Morgan fingerprint density at radius 2 is 2.28 bits per heavy atom. The molecule has 1 aliphatic heterocycles. The Morgan fingerprint density at radius 1 is 1.67 bits per heavy atom. The lowest BCUT2D eigenvalue weighted by atomic mass is 10.1. The van der Waals surface area contributed by atoms with E-state index >= 15 is 0 Å². The summed E-state index contributed by atoms with van der Waals surface area (Å²) >= 11 is 0. The number of aliphatic hydroxyl groups is 1. The van der Waals surface area contributed by atoms with Crippen molar-refractivity contribution in [2.45, 2.75) is 45.2 Å². The van der Waals surface area contributed by atoms with Crippen molar-refractivity contribution >= 4 is 11.9 Å². The molecule has 18 heavy (non-hydrogen) atoms. The van der Waals surface area contributed by atoms with Gasteiger partial charge in [-0.25, -0.2) is 4.79 Å². The van der Waals surface area contributed by atoms with Gasteiger partial charge >= 0.3 is 5.97 Å². The van der Waals surface area contributed by atoms with E-state index in [0.717, 1.165) is 4.90 Å². The zero-order valence-corrected chi connectivity index (χ0v) is 10.7. The number of rotatable bonds is 4. The minimum Gasteiger partial charge on any atom is -0.457 e. The van der Waals surface area contributed by atoms with Crippen LogP contribution in [0.4, 0.5) is 0 Å². The Morgan fingerprint density at radius 3 is 2.72 bits per heavy atom. The summed E-state index contributed by atoms with van der Waals surface area (Å²) in [6, 6.07) is 0. The molecule has 6 heteroatoms. The van der Waals surface area contributed by atoms with Gasteiger partial charge in [0.25, 0.3) is 0 Å². The predicted molar refractivity (Wildman–Crippen MR) is 61.9 cm³/mol. The summed E-state index contributed by atoms with van der Waals surface area (Å²) in [6.45, 7) is 5.01. The number of ether oxygens (including phenoxy) is 2. The first-order valence-corrected chi connectivity index (χ1v) is 5.53. The lowest BCUT2D eigenvalue weighted by molar-refractivity contribution is -0.213. The number of β-lactam (4-membered cyclic amide) rings is 1. The van der Waals surface area contributed by atoms with Crippen molar-refractivity contribution in [3.63, 3.8) is 0 Å². The number of carbonyl (C=O) groups excluding carboxylic acids is 2. The van der Waals surface area contributed by atoms with E-state index in [4.69, 9.17) is 15.9 Å². The average Bonchev–Trinajstić information content (AvgIpc) is 2.21. The van der Waals surface area contributed by atoms with Gasteiger partial charge in [-0.15, -0.1) is 6.42 Å². The normalized spacial score (nSPS) is 20.9. The smallest absolute Gasteiger partial charge is 0.357 e. The van der Waals surface area contributed by atoms with E-state index in [-0.39, 0.29) is 18.9 Å². The standard InChI is InChI=1S/C12H17NO5/c1-5-6-17-9-7-8(14)13(9)10(15)11(16)18-12(2,3)4/h1,9-10,15H,6-7H2,2-4H3. The summed E-state index contributed by atoms with van der Waals surface area (Å²) in [7, 11) is 0. The highest BCUT2D eigenvalue weighted by molar-refractivity contribution is 5.88. The maximum Gasteiger partial charge on any atom is 0.357 e. The molecular weight excluding hydrogens is 238 g/mol. The molecule has 2 unspecified atom stereocenters. The van der Waals surface area contributed by atoms with E-state index in [0.29, 0.717) is 0 Å². The third-order valence-electron chi connectivity index (χ3n) is 2.19. The molecule has 1 heterocycles. The molecule has 0 spiro atoms. The molecule has 0 aromatic heterocycles.